The van der Waals surface area contributed by atoms with E-state index < -0.39 is 6.10 Å². The minimum absolute atomic E-state index is 0.0675. The molecule has 1 aromatic rings. The monoisotopic (exact) mass is 238 g/mol. The number of likely N-dealkylation sites (N-methyl/N-ethyl adjacent to an activating group) is 1. The van der Waals surface area contributed by atoms with Gasteiger partial charge < -0.3 is 19.3 Å². The summed E-state index contributed by atoms with van der Waals surface area (Å²) < 4.78 is 4.92. The number of nitrogens with zero attached hydrogens (tertiary/aromatic N) is 2. The van der Waals surface area contributed by atoms with E-state index in [1.807, 2.05) is 19.0 Å². The zero-order valence-electron chi connectivity index (χ0n) is 10.2. The van der Waals surface area contributed by atoms with Crippen molar-refractivity contribution in [3.63, 3.8) is 0 Å². The highest BCUT2D eigenvalue weighted by Crippen LogP contribution is 2.21. The number of carbonyl (C=O) groups is 1. The first kappa shape index (κ1) is 12.1. The Bertz CT molecular complexity index is 375. The molecule has 5 heteroatoms. The maximum atomic E-state index is 12.2. The average Bonchev–Trinajstić information content (AvgIpc) is 2.85. The molecule has 1 aliphatic rings. The fourth-order valence-electron chi connectivity index (χ4n) is 2.29. The Morgan fingerprint density at radius 1 is 1.65 bits per heavy atom. The van der Waals surface area contributed by atoms with E-state index in [4.69, 9.17) is 4.42 Å². The number of hydrogen-bond donors (Lipinski definition) is 1. The lowest BCUT2D eigenvalue weighted by molar-refractivity contribution is 0.0698. The number of aliphatic hydroxyl groups excluding tert-OH is 1. The highest BCUT2D eigenvalue weighted by molar-refractivity contribution is 5.94. The second-order valence-corrected chi connectivity index (χ2v) is 4.78. The quantitative estimate of drug-likeness (QED) is 0.829. The topological polar surface area (TPSA) is 56.9 Å². The Balaban J connectivity index is 2.10. The molecular formula is C12H18N2O3. The largest absolute Gasteiger partial charge is 0.472 e. The number of aliphatic hydroxyl groups is 1. The van der Waals surface area contributed by atoms with Gasteiger partial charge in [-0.05, 0) is 26.6 Å². The third-order valence-corrected chi connectivity index (χ3v) is 3.00. The minimum Gasteiger partial charge on any atom is -0.472 e. The molecule has 1 aromatic heterocycles. The number of carbonyl (C=O) groups excluding carboxylic acids is 1. The van der Waals surface area contributed by atoms with Gasteiger partial charge in [-0.1, -0.05) is 0 Å². The van der Waals surface area contributed by atoms with Crippen molar-refractivity contribution < 1.29 is 14.3 Å². The molecule has 17 heavy (non-hydrogen) atoms. The molecule has 1 N–H and O–H groups in total. The number of rotatable bonds is 3. The number of β-amino-alcohol motifs (C(OH)–C–C–N with tert-alkyl or cyclic N) is 1. The zero-order valence-corrected chi connectivity index (χ0v) is 10.2. The molecule has 1 amide bonds. The van der Waals surface area contributed by atoms with Crippen LogP contribution in [0.2, 0.25) is 0 Å². The van der Waals surface area contributed by atoms with E-state index in [0.29, 0.717) is 18.5 Å². The summed E-state index contributed by atoms with van der Waals surface area (Å²) in [5.74, 6) is -0.0675. The Morgan fingerprint density at radius 3 is 3.00 bits per heavy atom. The predicted octanol–water partition coefficient (Wildman–Crippen LogP) is 0.417. The van der Waals surface area contributed by atoms with Crippen molar-refractivity contribution in [1.82, 2.24) is 9.80 Å². The van der Waals surface area contributed by atoms with Crippen molar-refractivity contribution in [2.45, 2.75) is 18.6 Å². The number of hydrogen-bond acceptors (Lipinski definition) is 4. The SMILES string of the molecule is CN(C)CC1CC(O)CN1C(=O)c1ccoc1. The van der Waals surface area contributed by atoms with Gasteiger partial charge in [-0.15, -0.1) is 0 Å². The lowest BCUT2D eigenvalue weighted by Gasteiger charge is -2.26. The summed E-state index contributed by atoms with van der Waals surface area (Å²) in [5, 5.41) is 9.69. The zero-order chi connectivity index (χ0) is 12.4. The molecule has 94 valence electrons. The Morgan fingerprint density at radius 2 is 2.41 bits per heavy atom. The van der Waals surface area contributed by atoms with Crippen LogP contribution in [0.4, 0.5) is 0 Å². The molecule has 1 saturated heterocycles. The summed E-state index contributed by atoms with van der Waals surface area (Å²) in [4.78, 5) is 15.9. The summed E-state index contributed by atoms with van der Waals surface area (Å²) in [7, 11) is 3.93. The van der Waals surface area contributed by atoms with Gasteiger partial charge >= 0.3 is 0 Å². The molecular weight excluding hydrogens is 220 g/mol. The van der Waals surface area contributed by atoms with E-state index >= 15 is 0 Å². The molecule has 0 radical (unpaired) electrons. The maximum Gasteiger partial charge on any atom is 0.257 e. The Hall–Kier alpha value is -1.33. The van der Waals surface area contributed by atoms with E-state index in [1.54, 1.807) is 11.0 Å². The van der Waals surface area contributed by atoms with Gasteiger partial charge in [0.1, 0.15) is 6.26 Å². The van der Waals surface area contributed by atoms with Gasteiger partial charge in [0.15, 0.2) is 0 Å². The van der Waals surface area contributed by atoms with Gasteiger partial charge in [0.05, 0.1) is 17.9 Å². The standard InChI is InChI=1S/C12H18N2O3/c1-13(2)6-10-5-11(15)7-14(10)12(16)9-3-4-17-8-9/h3-4,8,10-11,15H,5-7H2,1-2H3. The molecule has 2 unspecified atom stereocenters. The van der Waals surface area contributed by atoms with Crippen LogP contribution in [0.1, 0.15) is 16.8 Å². The van der Waals surface area contributed by atoms with Crippen LogP contribution in [0.5, 0.6) is 0 Å². The van der Waals surface area contributed by atoms with Crippen LogP contribution in [0, 0.1) is 0 Å². The molecule has 0 aromatic carbocycles. The first-order valence-electron chi connectivity index (χ1n) is 5.74. The van der Waals surface area contributed by atoms with E-state index in [-0.39, 0.29) is 11.9 Å². The second-order valence-electron chi connectivity index (χ2n) is 4.78. The molecule has 2 rings (SSSR count). The van der Waals surface area contributed by atoms with E-state index in [9.17, 15) is 9.90 Å². The highest BCUT2D eigenvalue weighted by atomic mass is 16.3. The molecule has 5 nitrogen and oxygen atoms in total. The van der Waals surface area contributed by atoms with Crippen LogP contribution in [0.3, 0.4) is 0 Å². The van der Waals surface area contributed by atoms with E-state index in [0.717, 1.165) is 6.54 Å². The summed E-state index contributed by atoms with van der Waals surface area (Å²) >= 11 is 0. The van der Waals surface area contributed by atoms with Gasteiger partial charge in [-0.2, -0.15) is 0 Å². The normalized spacial score (nSPS) is 24.6. The molecule has 0 spiro atoms. The van der Waals surface area contributed by atoms with Gasteiger partial charge in [0, 0.05) is 19.1 Å². The van der Waals surface area contributed by atoms with Crippen LogP contribution in [0.15, 0.2) is 23.0 Å². The lowest BCUT2D eigenvalue weighted by Crippen LogP contribution is -2.41. The van der Waals surface area contributed by atoms with Gasteiger partial charge in [0.2, 0.25) is 0 Å². The first-order chi connectivity index (χ1) is 8.08. The molecule has 0 aliphatic carbocycles. The molecule has 1 aliphatic heterocycles. The third kappa shape index (κ3) is 2.68. The van der Waals surface area contributed by atoms with E-state index in [2.05, 4.69) is 0 Å². The van der Waals surface area contributed by atoms with Gasteiger partial charge in [-0.25, -0.2) is 0 Å². The predicted molar refractivity (Wildman–Crippen MR) is 62.7 cm³/mol. The summed E-state index contributed by atoms with van der Waals surface area (Å²) in [5.41, 5.74) is 0.544. The Kier molecular flexibility index (Phi) is 3.49. The molecule has 2 heterocycles. The molecule has 0 bridgehead atoms. The van der Waals surface area contributed by atoms with E-state index in [1.165, 1.54) is 12.5 Å². The van der Waals surface area contributed by atoms with Crippen molar-refractivity contribution in [2.75, 3.05) is 27.2 Å². The minimum atomic E-state index is -0.421. The molecule has 0 saturated carbocycles. The summed E-state index contributed by atoms with van der Waals surface area (Å²) in [6, 6.07) is 1.72. The highest BCUT2D eigenvalue weighted by Gasteiger charge is 2.35. The average molecular weight is 238 g/mol. The fourth-order valence-corrected chi connectivity index (χ4v) is 2.29. The van der Waals surface area contributed by atoms with Gasteiger partial charge in [-0.3, -0.25) is 4.79 Å². The van der Waals surface area contributed by atoms with Crippen LogP contribution in [0.25, 0.3) is 0 Å². The van der Waals surface area contributed by atoms with Crippen molar-refractivity contribution in [1.29, 1.82) is 0 Å². The van der Waals surface area contributed by atoms with Crippen molar-refractivity contribution in [2.24, 2.45) is 0 Å². The first-order valence-corrected chi connectivity index (χ1v) is 5.74. The summed E-state index contributed by atoms with van der Waals surface area (Å²) in [6.07, 6.45) is 3.15. The third-order valence-electron chi connectivity index (χ3n) is 3.00. The van der Waals surface area contributed by atoms with Crippen molar-refractivity contribution in [3.8, 4) is 0 Å². The molecule has 2 atom stereocenters. The van der Waals surface area contributed by atoms with Gasteiger partial charge in [0.25, 0.3) is 5.91 Å². The van der Waals surface area contributed by atoms with Crippen LogP contribution >= 0.6 is 0 Å². The number of furan rings is 1. The van der Waals surface area contributed by atoms with Crippen molar-refractivity contribution >= 4 is 5.91 Å². The van der Waals surface area contributed by atoms with Crippen molar-refractivity contribution in [3.05, 3.63) is 24.2 Å². The smallest absolute Gasteiger partial charge is 0.257 e. The van der Waals surface area contributed by atoms with Crippen LogP contribution in [-0.2, 0) is 0 Å². The second kappa shape index (κ2) is 4.89. The maximum absolute atomic E-state index is 12.2. The fraction of sp³-hybridized carbons (Fsp3) is 0.583. The number of likely N-dealkylation sites (tertiary alicyclic amines) is 1. The summed E-state index contributed by atoms with van der Waals surface area (Å²) in [6.45, 7) is 1.17. The van der Waals surface area contributed by atoms with Crippen LogP contribution < -0.4 is 0 Å². The number of amides is 1. The molecule has 1 fully saturated rings. The lowest BCUT2D eigenvalue weighted by atomic mass is 10.2. The Labute approximate surface area is 101 Å². The van der Waals surface area contributed by atoms with Crippen LogP contribution in [-0.4, -0.2) is 60.1 Å².